The van der Waals surface area contributed by atoms with Crippen LogP contribution in [0.25, 0.3) is 0 Å². The molecule has 0 saturated heterocycles. The van der Waals surface area contributed by atoms with Crippen LogP contribution in [-0.2, 0) is 70.2 Å². The zero-order valence-corrected chi connectivity index (χ0v) is 9.74. The van der Waals surface area contributed by atoms with Gasteiger partial charge in [-0.3, -0.25) is 6.29 Å². The van der Waals surface area contributed by atoms with E-state index >= 15 is 0 Å². The van der Waals surface area contributed by atoms with Crippen molar-refractivity contribution in [3.05, 3.63) is 7.43 Å². The van der Waals surface area contributed by atoms with Gasteiger partial charge in [0, 0.05) is 65.4 Å². The van der Waals surface area contributed by atoms with E-state index in [0.717, 1.165) is 0 Å². The Morgan fingerprint density at radius 2 is 1.33 bits per heavy atom. The van der Waals surface area contributed by atoms with Gasteiger partial charge in [0.25, 0.3) is 0 Å². The molecule has 0 heterocycles. The molecule has 0 saturated carbocycles. The quantitative estimate of drug-likeness (QED) is 0.561. The first-order chi connectivity index (χ1) is 1.41. The van der Waals surface area contributed by atoms with Gasteiger partial charge in [-0.15, -0.1) is 0 Å². The van der Waals surface area contributed by atoms with Gasteiger partial charge in [-0.2, -0.15) is 6.92 Å². The summed E-state index contributed by atoms with van der Waals surface area (Å²) in [6, 6.07) is 0. The minimum absolute atomic E-state index is 0. The Balaban J connectivity index is -0.00000000667. The van der Waals surface area contributed by atoms with Crippen molar-refractivity contribution in [3.8, 4) is 0 Å². The van der Waals surface area contributed by atoms with Crippen LogP contribution in [0.1, 0.15) is 6.92 Å². The average Bonchev–Trinajstić information content (AvgIpc) is 0.918. The van der Waals surface area contributed by atoms with Crippen molar-refractivity contribution < 1.29 is 70.2 Å². The molecule has 0 atom stereocenters. The van der Waals surface area contributed by atoms with E-state index in [1.165, 1.54) is 13.2 Å². The molecule has 0 aliphatic carbocycles. The van der Waals surface area contributed by atoms with Crippen molar-refractivity contribution in [2.24, 2.45) is 0 Å². The van der Waals surface area contributed by atoms with Crippen LogP contribution in [0.4, 0.5) is 0 Å². The van der Waals surface area contributed by atoms with Gasteiger partial charge < -0.3 is 12.2 Å². The molecule has 32 valence electrons. The Hall–Kier alpha value is 1.88. The third kappa shape index (κ3) is 39.7. The second-order valence-electron chi connectivity index (χ2n) is 0.204. The molecule has 0 aliphatic heterocycles. The summed E-state index contributed by atoms with van der Waals surface area (Å²) < 4.78 is 0. The summed E-state index contributed by atoms with van der Waals surface area (Å²) in [6.45, 7) is 1.32. The maximum atomic E-state index is 8.68. The van der Waals surface area contributed by atoms with Crippen molar-refractivity contribution in [1.82, 2.24) is 0 Å². The van der Waals surface area contributed by atoms with E-state index in [1.54, 1.807) is 0 Å². The average molecular weight is 236 g/mol. The number of rotatable bonds is 0. The molecule has 0 amide bonds. The molecule has 0 fully saturated rings. The summed E-state index contributed by atoms with van der Waals surface area (Å²) >= 11 is 0. The first-order valence-electron chi connectivity index (χ1n) is 0.704. The van der Waals surface area contributed by atoms with Crippen LogP contribution >= 0.6 is 0 Å². The number of hydrogen-bond acceptors (Lipinski definition) is 1. The van der Waals surface area contributed by atoms with Crippen LogP contribution in [0, 0.1) is 7.43 Å². The molecule has 3 heteroatoms. The number of carbonyl (C=O) groups excluding carboxylic acids is 1. The monoisotopic (exact) mass is 236 g/mol. The fourth-order valence-corrected chi connectivity index (χ4v) is 0. The molecule has 1 nitrogen and oxygen atoms in total. The summed E-state index contributed by atoms with van der Waals surface area (Å²) in [7, 11) is 0. The van der Waals surface area contributed by atoms with Crippen molar-refractivity contribution >= 4 is 6.29 Å². The van der Waals surface area contributed by atoms with Crippen molar-refractivity contribution in [3.63, 3.8) is 0 Å². The summed E-state index contributed by atoms with van der Waals surface area (Å²) in [5, 5.41) is 0. The van der Waals surface area contributed by atoms with E-state index < -0.39 is 0 Å². The Bertz CT molecular complexity index is 16.3. The van der Waals surface area contributed by atoms with Crippen LogP contribution in [0.15, 0.2) is 0 Å². The van der Waals surface area contributed by atoms with Gasteiger partial charge in [0.05, 0.1) is 0 Å². The molecule has 0 aliphatic rings. The van der Waals surface area contributed by atoms with Gasteiger partial charge in [0.15, 0.2) is 0 Å². The zero-order chi connectivity index (χ0) is 2.71. The van der Waals surface area contributed by atoms with Crippen LogP contribution in [0.3, 0.4) is 0 Å². The van der Waals surface area contributed by atoms with Crippen molar-refractivity contribution in [2.75, 3.05) is 0 Å². The largest absolute Gasteiger partial charge is 0.542 e. The van der Waals surface area contributed by atoms with E-state index in [2.05, 4.69) is 0 Å². The Morgan fingerprint density at radius 3 is 1.33 bits per heavy atom. The van der Waals surface area contributed by atoms with E-state index in [0.29, 0.717) is 0 Å². The molecular formula is C3H6OY2-2. The van der Waals surface area contributed by atoms with Crippen LogP contribution in [0.5, 0.6) is 0 Å². The predicted molar refractivity (Wildman–Crippen MR) is 17.8 cm³/mol. The summed E-state index contributed by atoms with van der Waals surface area (Å²) in [4.78, 5) is 8.68. The zero-order valence-electron chi connectivity index (χ0n) is 4.06. The van der Waals surface area contributed by atoms with Gasteiger partial charge in [0.1, 0.15) is 0 Å². The van der Waals surface area contributed by atoms with E-state index in [-0.39, 0.29) is 72.8 Å². The molecule has 2 radical (unpaired) electrons. The molecule has 0 aromatic carbocycles. The Kier molecular flexibility index (Phi) is 119. The fourth-order valence-electron chi connectivity index (χ4n) is 0. The van der Waals surface area contributed by atoms with Gasteiger partial charge in [-0.05, 0) is 0 Å². The van der Waals surface area contributed by atoms with Gasteiger partial charge in [-0.1, -0.05) is 0 Å². The standard InChI is InChI=1S/C2H3O.CH3.2Y/c1-2-3;;;/h1H3;1H3;;/q2*-1;;. The maximum absolute atomic E-state index is 8.68. The molecule has 0 unspecified atom stereocenters. The van der Waals surface area contributed by atoms with E-state index in [4.69, 9.17) is 4.79 Å². The normalized spacial score (nSPS) is 2.17. The molecule has 0 spiro atoms. The van der Waals surface area contributed by atoms with Crippen LogP contribution in [0.2, 0.25) is 0 Å². The SMILES string of the molecule is C[C-]=O.[CH3-].[Y].[Y]. The molecule has 0 bridgehead atoms. The molecule has 0 N–H and O–H groups in total. The molecule has 6 heavy (non-hydrogen) atoms. The molecule has 0 rings (SSSR count). The molecule has 0 aromatic rings. The third-order valence-corrected chi connectivity index (χ3v) is 0. The predicted octanol–water partition coefficient (Wildman–Crippen LogP) is 0.561. The van der Waals surface area contributed by atoms with Gasteiger partial charge in [-0.25, -0.2) is 0 Å². The molecule has 0 aromatic heterocycles. The van der Waals surface area contributed by atoms with E-state index in [9.17, 15) is 0 Å². The summed E-state index contributed by atoms with van der Waals surface area (Å²) in [6.07, 6.45) is 1.50. The minimum Gasteiger partial charge on any atom is -0.542 e. The second-order valence-corrected chi connectivity index (χ2v) is 0.204. The minimum atomic E-state index is 0. The van der Waals surface area contributed by atoms with Gasteiger partial charge in [0.2, 0.25) is 0 Å². The van der Waals surface area contributed by atoms with Crippen molar-refractivity contribution in [1.29, 1.82) is 0 Å². The Morgan fingerprint density at radius 1 is 1.33 bits per heavy atom. The second kappa shape index (κ2) is 28.7. The van der Waals surface area contributed by atoms with Gasteiger partial charge >= 0.3 is 0 Å². The molecular weight excluding hydrogens is 230 g/mol. The van der Waals surface area contributed by atoms with Crippen LogP contribution < -0.4 is 0 Å². The third-order valence-electron chi connectivity index (χ3n) is 0. The van der Waals surface area contributed by atoms with Crippen molar-refractivity contribution in [2.45, 2.75) is 6.92 Å². The number of hydrogen-bond donors (Lipinski definition) is 0. The van der Waals surface area contributed by atoms with E-state index in [1.807, 2.05) is 0 Å². The Labute approximate surface area is 89.4 Å². The smallest absolute Gasteiger partial charge is 0 e. The first kappa shape index (κ1) is 24.8. The first-order valence-corrected chi connectivity index (χ1v) is 0.704. The summed E-state index contributed by atoms with van der Waals surface area (Å²) in [5.41, 5.74) is 0. The fraction of sp³-hybridized carbons (Fsp3) is 0.333. The van der Waals surface area contributed by atoms with Crippen LogP contribution in [-0.4, -0.2) is 6.29 Å². The summed E-state index contributed by atoms with van der Waals surface area (Å²) in [5.74, 6) is 0. The topological polar surface area (TPSA) is 17.1 Å². The maximum Gasteiger partial charge on any atom is 0 e.